The summed E-state index contributed by atoms with van der Waals surface area (Å²) in [6, 6.07) is 0. The zero-order valence-electron chi connectivity index (χ0n) is 6.53. The van der Waals surface area contributed by atoms with Crippen molar-refractivity contribution in [1.82, 2.24) is 0 Å². The molecule has 0 heterocycles. The smallest absolute Gasteiger partial charge is 0.163 e. The lowest BCUT2D eigenvalue weighted by Crippen LogP contribution is -1.98. The molecule has 0 aliphatic carbocycles. The Morgan fingerprint density at radius 2 is 2.00 bits per heavy atom. The van der Waals surface area contributed by atoms with Crippen molar-refractivity contribution >= 4 is 5.78 Å². The van der Waals surface area contributed by atoms with Gasteiger partial charge in [0.25, 0.3) is 0 Å². The molecule has 0 aromatic heterocycles. The summed E-state index contributed by atoms with van der Waals surface area (Å²) in [6.45, 7) is 1.32. The van der Waals surface area contributed by atoms with Crippen LogP contribution in [0.15, 0.2) is 0 Å². The summed E-state index contributed by atoms with van der Waals surface area (Å²) in [7, 11) is 0. The van der Waals surface area contributed by atoms with Gasteiger partial charge >= 0.3 is 0 Å². The Morgan fingerprint density at radius 3 is 2.50 bits per heavy atom. The van der Waals surface area contributed by atoms with Crippen molar-refractivity contribution in [2.45, 2.75) is 39.0 Å². The number of alkyl halides is 1. The Kier molecular flexibility index (Phi) is 6.45. The third-order valence-corrected chi connectivity index (χ3v) is 1.46. The number of hydrogen-bond acceptors (Lipinski definition) is 1. The minimum absolute atomic E-state index is 0.254. The molecule has 1 nitrogen and oxygen atoms in total. The van der Waals surface area contributed by atoms with E-state index in [1.165, 1.54) is 0 Å². The van der Waals surface area contributed by atoms with Gasteiger partial charge < -0.3 is 0 Å². The van der Waals surface area contributed by atoms with Gasteiger partial charge in [0.2, 0.25) is 0 Å². The highest BCUT2D eigenvalue weighted by atomic mass is 19.1. The van der Waals surface area contributed by atoms with E-state index in [1.54, 1.807) is 0 Å². The molecule has 0 rings (SSSR count). The number of carbonyl (C=O) groups excluding carboxylic acids is 1. The summed E-state index contributed by atoms with van der Waals surface area (Å²) in [5, 5.41) is 0. The van der Waals surface area contributed by atoms with Crippen LogP contribution in [0.2, 0.25) is 0 Å². The molecular weight excluding hydrogens is 131 g/mol. The maximum atomic E-state index is 11.5. The van der Waals surface area contributed by atoms with Crippen molar-refractivity contribution in [2.24, 2.45) is 0 Å². The largest absolute Gasteiger partial charge is 0.297 e. The summed E-state index contributed by atoms with van der Waals surface area (Å²) >= 11 is 0. The van der Waals surface area contributed by atoms with Gasteiger partial charge in [-0.05, 0) is 6.42 Å². The first-order valence-electron chi connectivity index (χ1n) is 3.89. The summed E-state index contributed by atoms with van der Waals surface area (Å²) in [5.74, 6) is -0.254. The first-order valence-corrected chi connectivity index (χ1v) is 3.89. The molecular formula is C8H15FO. The van der Waals surface area contributed by atoms with Gasteiger partial charge in [-0.25, -0.2) is 4.39 Å². The second kappa shape index (κ2) is 6.72. The fraction of sp³-hybridized carbons (Fsp3) is 0.875. The number of carbonyl (C=O) groups is 1. The third-order valence-electron chi connectivity index (χ3n) is 1.46. The van der Waals surface area contributed by atoms with Crippen molar-refractivity contribution in [3.63, 3.8) is 0 Å². The zero-order chi connectivity index (χ0) is 7.82. The van der Waals surface area contributed by atoms with Crippen LogP contribution >= 0.6 is 0 Å². The molecule has 0 fully saturated rings. The Bertz CT molecular complexity index is 91.3. The second-order valence-corrected chi connectivity index (χ2v) is 2.48. The number of Topliss-reactive ketones (excluding diaryl/α,β-unsaturated/α-hetero) is 1. The number of unbranched alkanes of at least 4 members (excludes halogenated alkanes) is 3. The number of rotatable bonds is 6. The lowest BCUT2D eigenvalue weighted by atomic mass is 10.1. The summed E-state index contributed by atoms with van der Waals surface area (Å²) < 4.78 is 11.5. The Morgan fingerprint density at radius 1 is 1.30 bits per heavy atom. The van der Waals surface area contributed by atoms with Crippen LogP contribution in [0.4, 0.5) is 4.39 Å². The Balaban J connectivity index is 2.96. The van der Waals surface area contributed by atoms with Gasteiger partial charge in [-0.3, -0.25) is 4.79 Å². The highest BCUT2D eigenvalue weighted by Crippen LogP contribution is 2.02. The van der Waals surface area contributed by atoms with Crippen LogP contribution in [0.5, 0.6) is 0 Å². The number of halogens is 1. The van der Waals surface area contributed by atoms with Gasteiger partial charge in [0, 0.05) is 6.42 Å². The van der Waals surface area contributed by atoms with Crippen LogP contribution in [-0.4, -0.2) is 12.5 Å². The molecule has 0 bridgehead atoms. The molecule has 0 spiro atoms. The third kappa shape index (κ3) is 5.73. The maximum Gasteiger partial charge on any atom is 0.163 e. The molecule has 0 aromatic rings. The molecule has 0 saturated carbocycles. The first kappa shape index (κ1) is 9.60. The zero-order valence-corrected chi connectivity index (χ0v) is 6.53. The topological polar surface area (TPSA) is 17.1 Å². The van der Waals surface area contributed by atoms with Gasteiger partial charge in [-0.1, -0.05) is 26.2 Å². The molecule has 0 radical (unpaired) electrons. The van der Waals surface area contributed by atoms with Gasteiger partial charge in [0.1, 0.15) is 6.67 Å². The minimum atomic E-state index is -0.786. The fourth-order valence-electron chi connectivity index (χ4n) is 0.816. The van der Waals surface area contributed by atoms with Gasteiger partial charge in [0.05, 0.1) is 0 Å². The van der Waals surface area contributed by atoms with Crippen LogP contribution in [0.3, 0.4) is 0 Å². The molecule has 10 heavy (non-hydrogen) atoms. The van der Waals surface area contributed by atoms with E-state index in [4.69, 9.17) is 0 Å². The first-order chi connectivity index (χ1) is 4.81. The van der Waals surface area contributed by atoms with Crippen molar-refractivity contribution in [1.29, 1.82) is 0 Å². The molecule has 60 valence electrons. The van der Waals surface area contributed by atoms with E-state index in [9.17, 15) is 9.18 Å². The summed E-state index contributed by atoms with van der Waals surface area (Å²) in [6.07, 6.45) is 4.65. The summed E-state index contributed by atoms with van der Waals surface area (Å²) in [5.41, 5.74) is 0. The second-order valence-electron chi connectivity index (χ2n) is 2.48. The SMILES string of the molecule is CCCCCCC(=O)CF. The van der Waals surface area contributed by atoms with E-state index in [0.717, 1.165) is 25.7 Å². The normalized spacial score (nSPS) is 9.80. The lowest BCUT2D eigenvalue weighted by Gasteiger charge is -1.94. The molecule has 2 heteroatoms. The lowest BCUT2D eigenvalue weighted by molar-refractivity contribution is -0.120. The standard InChI is InChI=1S/C8H15FO/c1-2-3-4-5-6-8(10)7-9/h2-7H2,1H3. The maximum absolute atomic E-state index is 11.5. The minimum Gasteiger partial charge on any atom is -0.297 e. The van der Waals surface area contributed by atoms with E-state index in [-0.39, 0.29) is 5.78 Å². The van der Waals surface area contributed by atoms with Crippen LogP contribution < -0.4 is 0 Å². The molecule has 0 aromatic carbocycles. The van der Waals surface area contributed by atoms with Crippen LogP contribution in [0.25, 0.3) is 0 Å². The molecule has 0 saturated heterocycles. The molecule has 0 aliphatic rings. The van der Waals surface area contributed by atoms with Crippen LogP contribution in [-0.2, 0) is 4.79 Å². The average Bonchev–Trinajstić information content (AvgIpc) is 1.98. The van der Waals surface area contributed by atoms with E-state index in [2.05, 4.69) is 6.92 Å². The molecule has 0 aliphatic heterocycles. The van der Waals surface area contributed by atoms with Gasteiger partial charge in [0.15, 0.2) is 5.78 Å². The quantitative estimate of drug-likeness (QED) is 0.526. The predicted octanol–water partition coefficient (Wildman–Crippen LogP) is 2.50. The Hall–Kier alpha value is -0.400. The van der Waals surface area contributed by atoms with E-state index < -0.39 is 6.67 Å². The van der Waals surface area contributed by atoms with Crippen molar-refractivity contribution in [3.8, 4) is 0 Å². The molecule has 0 unspecified atom stereocenters. The molecule has 0 amide bonds. The predicted molar refractivity (Wildman–Crippen MR) is 39.7 cm³/mol. The van der Waals surface area contributed by atoms with E-state index >= 15 is 0 Å². The number of hydrogen-bond donors (Lipinski definition) is 0. The van der Waals surface area contributed by atoms with Crippen molar-refractivity contribution < 1.29 is 9.18 Å². The highest BCUT2D eigenvalue weighted by Gasteiger charge is 1.98. The van der Waals surface area contributed by atoms with E-state index in [1.807, 2.05) is 0 Å². The summed E-state index contributed by atoms with van der Waals surface area (Å²) in [4.78, 5) is 10.4. The van der Waals surface area contributed by atoms with Crippen LogP contribution in [0, 0.1) is 0 Å². The van der Waals surface area contributed by atoms with Gasteiger partial charge in [-0.15, -0.1) is 0 Å². The van der Waals surface area contributed by atoms with Crippen molar-refractivity contribution in [3.05, 3.63) is 0 Å². The molecule has 0 atom stereocenters. The Labute approximate surface area is 61.6 Å². The van der Waals surface area contributed by atoms with Crippen molar-refractivity contribution in [2.75, 3.05) is 6.67 Å². The average molecular weight is 146 g/mol. The monoisotopic (exact) mass is 146 g/mol. The highest BCUT2D eigenvalue weighted by molar-refractivity contribution is 5.79. The van der Waals surface area contributed by atoms with E-state index in [0.29, 0.717) is 6.42 Å². The molecule has 0 N–H and O–H groups in total. The fourth-order valence-corrected chi connectivity index (χ4v) is 0.816. The number of ketones is 1. The van der Waals surface area contributed by atoms with Crippen LogP contribution in [0.1, 0.15) is 39.0 Å². The van der Waals surface area contributed by atoms with Gasteiger partial charge in [-0.2, -0.15) is 0 Å².